The summed E-state index contributed by atoms with van der Waals surface area (Å²) in [5.74, 6) is 0.537. The molecule has 5 nitrogen and oxygen atoms in total. The van der Waals surface area contributed by atoms with Crippen molar-refractivity contribution in [2.45, 2.75) is 25.3 Å². The molecule has 1 heterocycles. The first kappa shape index (κ1) is 22.1. The number of para-hydroxylation sites is 3. The summed E-state index contributed by atoms with van der Waals surface area (Å²) in [6.07, 6.45) is 1.99. The van der Waals surface area contributed by atoms with Crippen LogP contribution in [0.4, 0.5) is 11.4 Å². The van der Waals surface area contributed by atoms with Crippen molar-refractivity contribution in [3.8, 4) is 5.75 Å². The highest BCUT2D eigenvalue weighted by Crippen LogP contribution is 2.47. The summed E-state index contributed by atoms with van der Waals surface area (Å²) in [6.45, 7) is 0. The molecule has 0 saturated carbocycles. The zero-order valence-corrected chi connectivity index (χ0v) is 20.0. The van der Waals surface area contributed by atoms with Gasteiger partial charge in [0.1, 0.15) is 5.75 Å². The lowest BCUT2D eigenvalue weighted by molar-refractivity contribution is -0.116. The minimum absolute atomic E-state index is 0.0585. The van der Waals surface area contributed by atoms with E-state index in [-0.39, 0.29) is 11.7 Å². The normalized spacial score (nSPS) is 17.2. The van der Waals surface area contributed by atoms with Crippen molar-refractivity contribution in [2.24, 2.45) is 0 Å². The summed E-state index contributed by atoms with van der Waals surface area (Å²) in [4.78, 5) is 30.0. The van der Waals surface area contributed by atoms with E-state index in [9.17, 15) is 9.59 Å². The molecule has 0 saturated heterocycles. The van der Waals surface area contributed by atoms with E-state index in [0.29, 0.717) is 23.3 Å². The monoisotopic (exact) mass is 474 g/mol. The number of ketones is 1. The van der Waals surface area contributed by atoms with Crippen molar-refractivity contribution >= 4 is 33.8 Å². The maximum atomic E-state index is 14.6. The van der Waals surface area contributed by atoms with Crippen LogP contribution >= 0.6 is 0 Å². The predicted octanol–water partition coefficient (Wildman–Crippen LogP) is 6.67. The number of nitrogens with zero attached hydrogens (tertiary/aromatic N) is 1. The zero-order chi connectivity index (χ0) is 24.6. The van der Waals surface area contributed by atoms with Gasteiger partial charge in [-0.2, -0.15) is 0 Å². The van der Waals surface area contributed by atoms with Gasteiger partial charge in [-0.25, -0.2) is 0 Å². The number of ether oxygens (including phenoxy) is 1. The highest BCUT2D eigenvalue weighted by atomic mass is 16.5. The van der Waals surface area contributed by atoms with Crippen LogP contribution in [0, 0.1) is 0 Å². The molecule has 0 bridgehead atoms. The summed E-state index contributed by atoms with van der Waals surface area (Å²) >= 11 is 0. The first-order valence-electron chi connectivity index (χ1n) is 12.2. The topological polar surface area (TPSA) is 58.6 Å². The Morgan fingerprint density at radius 2 is 1.64 bits per heavy atom. The Morgan fingerprint density at radius 1 is 0.889 bits per heavy atom. The van der Waals surface area contributed by atoms with E-state index in [4.69, 9.17) is 4.74 Å². The molecule has 2 aliphatic rings. The van der Waals surface area contributed by atoms with Crippen molar-refractivity contribution in [1.82, 2.24) is 0 Å². The fourth-order valence-electron chi connectivity index (χ4n) is 5.49. The van der Waals surface area contributed by atoms with E-state index in [1.807, 2.05) is 91.0 Å². The zero-order valence-electron chi connectivity index (χ0n) is 20.0. The molecular weight excluding hydrogens is 448 g/mol. The Morgan fingerprint density at radius 3 is 2.53 bits per heavy atom. The van der Waals surface area contributed by atoms with Gasteiger partial charge in [-0.3, -0.25) is 14.5 Å². The SMILES string of the molecule is COc1ccccc1[C@@H]1C2=C(CCCC2=O)Nc2ccccc2N1C(=O)c1cccc2ccccc12. The van der Waals surface area contributed by atoms with E-state index in [0.717, 1.165) is 46.2 Å². The number of carbonyl (C=O) groups is 2. The number of rotatable bonds is 3. The largest absolute Gasteiger partial charge is 0.496 e. The van der Waals surface area contributed by atoms with Gasteiger partial charge < -0.3 is 10.1 Å². The van der Waals surface area contributed by atoms with Crippen LogP contribution in [0.5, 0.6) is 5.75 Å². The fourth-order valence-corrected chi connectivity index (χ4v) is 5.49. The minimum Gasteiger partial charge on any atom is -0.496 e. The molecule has 1 aliphatic carbocycles. The second-order valence-corrected chi connectivity index (χ2v) is 9.16. The van der Waals surface area contributed by atoms with Crippen LogP contribution in [-0.2, 0) is 4.79 Å². The van der Waals surface area contributed by atoms with Gasteiger partial charge in [-0.05, 0) is 47.9 Å². The second-order valence-electron chi connectivity index (χ2n) is 9.16. The lowest BCUT2D eigenvalue weighted by Crippen LogP contribution is -2.38. The fraction of sp³-hybridized carbons (Fsp3) is 0.161. The molecule has 0 aromatic heterocycles. The number of benzene rings is 4. The van der Waals surface area contributed by atoms with Crippen LogP contribution in [0.1, 0.15) is 41.2 Å². The van der Waals surface area contributed by atoms with Crippen LogP contribution in [0.25, 0.3) is 10.8 Å². The van der Waals surface area contributed by atoms with E-state index >= 15 is 0 Å². The molecule has 0 radical (unpaired) electrons. The maximum Gasteiger partial charge on any atom is 0.259 e. The maximum absolute atomic E-state index is 14.6. The van der Waals surface area contributed by atoms with Gasteiger partial charge in [0.05, 0.1) is 24.5 Å². The summed E-state index contributed by atoms with van der Waals surface area (Å²) < 4.78 is 5.75. The number of allylic oxidation sites excluding steroid dienone is 1. The minimum atomic E-state index is -0.633. The number of amides is 1. The van der Waals surface area contributed by atoms with Crippen LogP contribution in [0.3, 0.4) is 0 Å². The summed E-state index contributed by atoms with van der Waals surface area (Å²) in [7, 11) is 1.62. The number of nitrogens with one attached hydrogen (secondary N) is 1. The Labute approximate surface area is 210 Å². The smallest absolute Gasteiger partial charge is 0.259 e. The number of methoxy groups -OCH3 is 1. The molecule has 0 fully saturated rings. The summed E-state index contributed by atoms with van der Waals surface area (Å²) in [5, 5.41) is 5.40. The first-order chi connectivity index (χ1) is 17.7. The van der Waals surface area contributed by atoms with E-state index < -0.39 is 6.04 Å². The Balaban J connectivity index is 1.66. The third-order valence-corrected chi connectivity index (χ3v) is 7.11. The van der Waals surface area contributed by atoms with Crippen molar-refractivity contribution in [3.05, 3.63) is 113 Å². The number of fused-ring (bicyclic) bond motifs is 2. The molecule has 4 aromatic carbocycles. The van der Waals surface area contributed by atoms with Crippen LogP contribution < -0.4 is 15.0 Å². The summed E-state index contributed by atoms with van der Waals surface area (Å²) in [5.41, 5.74) is 4.43. The summed E-state index contributed by atoms with van der Waals surface area (Å²) in [6, 6.07) is 28.5. The van der Waals surface area contributed by atoms with Gasteiger partial charge >= 0.3 is 0 Å². The molecule has 0 spiro atoms. The number of hydrogen-bond acceptors (Lipinski definition) is 4. The van der Waals surface area contributed by atoms with Gasteiger partial charge in [0.15, 0.2) is 5.78 Å². The lowest BCUT2D eigenvalue weighted by atomic mass is 9.85. The molecule has 5 heteroatoms. The average molecular weight is 475 g/mol. The molecule has 4 aromatic rings. The van der Waals surface area contributed by atoms with Crippen molar-refractivity contribution < 1.29 is 14.3 Å². The Hall–Kier alpha value is -4.38. The van der Waals surface area contributed by atoms with Crippen LogP contribution in [-0.4, -0.2) is 18.8 Å². The molecule has 178 valence electrons. The van der Waals surface area contributed by atoms with Gasteiger partial charge in [0.25, 0.3) is 5.91 Å². The van der Waals surface area contributed by atoms with Crippen molar-refractivity contribution in [1.29, 1.82) is 0 Å². The van der Waals surface area contributed by atoms with Gasteiger partial charge in [0.2, 0.25) is 0 Å². The highest BCUT2D eigenvalue weighted by Gasteiger charge is 2.41. The Bertz CT molecular complexity index is 1530. The number of carbonyl (C=O) groups excluding carboxylic acids is 2. The van der Waals surface area contributed by atoms with Gasteiger partial charge in [0, 0.05) is 28.8 Å². The van der Waals surface area contributed by atoms with Gasteiger partial charge in [-0.15, -0.1) is 0 Å². The third kappa shape index (κ3) is 3.55. The highest BCUT2D eigenvalue weighted by molar-refractivity contribution is 6.17. The second kappa shape index (κ2) is 9.00. The number of anilines is 2. The van der Waals surface area contributed by atoms with Crippen molar-refractivity contribution in [2.75, 3.05) is 17.3 Å². The van der Waals surface area contributed by atoms with Crippen molar-refractivity contribution in [3.63, 3.8) is 0 Å². The molecule has 1 atom stereocenters. The van der Waals surface area contributed by atoms with Crippen LogP contribution in [0.15, 0.2) is 102 Å². The molecule has 6 rings (SSSR count). The van der Waals surface area contributed by atoms with E-state index in [1.165, 1.54) is 0 Å². The first-order valence-corrected chi connectivity index (χ1v) is 12.2. The lowest BCUT2D eigenvalue weighted by Gasteiger charge is -2.34. The predicted molar refractivity (Wildman–Crippen MR) is 142 cm³/mol. The van der Waals surface area contributed by atoms with E-state index in [2.05, 4.69) is 5.32 Å². The van der Waals surface area contributed by atoms with E-state index in [1.54, 1.807) is 12.0 Å². The standard InChI is InChI=1S/C31H26N2O3/c1-36-28-19-7-4-13-23(28)30-29-25(16-9-18-27(29)34)32-24-15-5-6-17-26(24)33(30)31(35)22-14-8-11-20-10-2-3-12-21(20)22/h2-8,10-15,17,19,30,32H,9,16,18H2,1H3/t30-/m1/s1. The van der Waals surface area contributed by atoms with Crippen LogP contribution in [0.2, 0.25) is 0 Å². The quantitative estimate of drug-likeness (QED) is 0.360. The molecular formula is C31H26N2O3. The Kier molecular flexibility index (Phi) is 5.53. The third-order valence-electron chi connectivity index (χ3n) is 7.11. The number of Topliss-reactive ketones (excluding diaryl/α,β-unsaturated/α-hetero) is 1. The molecule has 1 N–H and O–H groups in total. The van der Waals surface area contributed by atoms with Gasteiger partial charge in [-0.1, -0.05) is 66.7 Å². The number of hydrogen-bond donors (Lipinski definition) is 1. The molecule has 1 amide bonds. The average Bonchev–Trinajstić information content (AvgIpc) is 3.07. The molecule has 36 heavy (non-hydrogen) atoms. The molecule has 1 aliphatic heterocycles. The molecule has 0 unspecified atom stereocenters.